The van der Waals surface area contributed by atoms with E-state index in [1.807, 2.05) is 6.07 Å². The quantitative estimate of drug-likeness (QED) is 0.293. The maximum Gasteiger partial charge on any atom is 0.239 e. The predicted octanol–water partition coefficient (Wildman–Crippen LogP) is 6.88. The number of aromatic nitrogens is 2. The van der Waals surface area contributed by atoms with Crippen LogP contribution in [-0.4, -0.2) is 4.98 Å². The Labute approximate surface area is 189 Å². The van der Waals surface area contributed by atoms with Gasteiger partial charge in [0.2, 0.25) is 5.69 Å². The maximum atomic E-state index is 5.26. The van der Waals surface area contributed by atoms with Crippen molar-refractivity contribution in [3.8, 4) is 44.9 Å². The van der Waals surface area contributed by atoms with Crippen LogP contribution in [0.2, 0.25) is 0 Å². The molecule has 2 nitrogen and oxygen atoms in total. The standard InChI is InChI=1S/C30H25N2/c1-22-13-9-10-18-25(22)30-29(24-16-7-4-8-17-24)31-28(21-32(30)2)27-20-12-11-19-26(27)23-14-5-3-6-15-23/h3-21H,1-2H3/q+1. The summed E-state index contributed by atoms with van der Waals surface area (Å²) < 4.78 is 2.22. The minimum absolute atomic E-state index is 0.961. The lowest BCUT2D eigenvalue weighted by atomic mass is 9.96. The average molecular weight is 414 g/mol. The van der Waals surface area contributed by atoms with Gasteiger partial charge >= 0.3 is 0 Å². The summed E-state index contributed by atoms with van der Waals surface area (Å²) in [7, 11) is 2.12. The smallest absolute Gasteiger partial charge is 0.234 e. The van der Waals surface area contributed by atoms with Crippen LogP contribution in [0.3, 0.4) is 0 Å². The molecule has 0 N–H and O–H groups in total. The predicted molar refractivity (Wildman–Crippen MR) is 132 cm³/mol. The second-order valence-corrected chi connectivity index (χ2v) is 8.03. The lowest BCUT2D eigenvalue weighted by Crippen LogP contribution is -2.32. The molecule has 0 atom stereocenters. The molecule has 5 aromatic rings. The molecule has 0 saturated carbocycles. The van der Waals surface area contributed by atoms with Crippen molar-refractivity contribution in [3.05, 3.63) is 121 Å². The van der Waals surface area contributed by atoms with Crippen LogP contribution in [0.15, 0.2) is 115 Å². The Morgan fingerprint density at radius 1 is 0.562 bits per heavy atom. The Balaban J connectivity index is 1.78. The van der Waals surface area contributed by atoms with Gasteiger partial charge < -0.3 is 0 Å². The molecule has 1 aromatic heterocycles. The molecule has 0 aliphatic carbocycles. The highest BCUT2D eigenvalue weighted by molar-refractivity contribution is 5.84. The van der Waals surface area contributed by atoms with Crippen LogP contribution in [0.1, 0.15) is 5.56 Å². The van der Waals surface area contributed by atoms with Crippen LogP contribution < -0.4 is 4.57 Å². The zero-order valence-electron chi connectivity index (χ0n) is 18.4. The van der Waals surface area contributed by atoms with E-state index in [1.54, 1.807) is 0 Å². The van der Waals surface area contributed by atoms with Crippen molar-refractivity contribution in [1.29, 1.82) is 0 Å². The van der Waals surface area contributed by atoms with Crippen molar-refractivity contribution in [1.82, 2.24) is 4.98 Å². The van der Waals surface area contributed by atoms with Gasteiger partial charge in [-0.05, 0) is 29.7 Å². The fraction of sp³-hybridized carbons (Fsp3) is 0.0667. The molecule has 0 bridgehead atoms. The fourth-order valence-corrected chi connectivity index (χ4v) is 4.28. The molecule has 32 heavy (non-hydrogen) atoms. The topological polar surface area (TPSA) is 16.8 Å². The zero-order chi connectivity index (χ0) is 21.9. The lowest BCUT2D eigenvalue weighted by molar-refractivity contribution is -0.659. The maximum absolute atomic E-state index is 5.26. The molecule has 1 heterocycles. The number of hydrogen-bond donors (Lipinski definition) is 0. The van der Waals surface area contributed by atoms with Crippen LogP contribution in [0.25, 0.3) is 44.9 Å². The minimum Gasteiger partial charge on any atom is -0.234 e. The summed E-state index contributed by atoms with van der Waals surface area (Å²) in [5, 5.41) is 0. The number of rotatable bonds is 4. The van der Waals surface area contributed by atoms with E-state index < -0.39 is 0 Å². The van der Waals surface area contributed by atoms with Gasteiger partial charge in [0.25, 0.3) is 0 Å². The molecule has 0 amide bonds. The first kappa shape index (κ1) is 19.9. The van der Waals surface area contributed by atoms with Crippen molar-refractivity contribution in [3.63, 3.8) is 0 Å². The molecule has 0 aliphatic heterocycles. The van der Waals surface area contributed by atoms with Crippen molar-refractivity contribution >= 4 is 0 Å². The van der Waals surface area contributed by atoms with E-state index in [2.05, 4.69) is 128 Å². The molecule has 0 aliphatic rings. The van der Waals surface area contributed by atoms with Gasteiger partial charge in [0.05, 0.1) is 5.56 Å². The molecule has 0 radical (unpaired) electrons. The van der Waals surface area contributed by atoms with E-state index in [4.69, 9.17) is 4.98 Å². The first-order valence-electron chi connectivity index (χ1n) is 10.9. The second kappa shape index (κ2) is 8.60. The lowest BCUT2D eigenvalue weighted by Gasteiger charge is -2.13. The van der Waals surface area contributed by atoms with Crippen molar-refractivity contribution in [2.45, 2.75) is 6.92 Å². The number of hydrogen-bond acceptors (Lipinski definition) is 1. The molecule has 2 heteroatoms. The molecular formula is C30H25N2+. The van der Waals surface area contributed by atoms with Crippen LogP contribution in [0.5, 0.6) is 0 Å². The summed E-state index contributed by atoms with van der Waals surface area (Å²) in [5.41, 5.74) is 10.1. The fourth-order valence-electron chi connectivity index (χ4n) is 4.28. The van der Waals surface area contributed by atoms with Gasteiger partial charge in [0, 0.05) is 11.1 Å². The largest absolute Gasteiger partial charge is 0.239 e. The Bertz CT molecular complexity index is 1370. The van der Waals surface area contributed by atoms with E-state index in [1.165, 1.54) is 22.3 Å². The number of benzene rings is 4. The Morgan fingerprint density at radius 3 is 1.75 bits per heavy atom. The van der Waals surface area contributed by atoms with Gasteiger partial charge in [-0.2, -0.15) is 4.57 Å². The Morgan fingerprint density at radius 2 is 1.09 bits per heavy atom. The highest BCUT2D eigenvalue weighted by atomic mass is 15.0. The first-order chi connectivity index (χ1) is 15.7. The van der Waals surface area contributed by atoms with E-state index >= 15 is 0 Å². The number of nitrogens with zero attached hydrogens (tertiary/aromatic N) is 2. The molecule has 5 rings (SSSR count). The molecule has 0 unspecified atom stereocenters. The normalized spacial score (nSPS) is 10.8. The third-order valence-corrected chi connectivity index (χ3v) is 5.86. The summed E-state index contributed by atoms with van der Waals surface area (Å²) in [6.45, 7) is 2.16. The number of aryl methyl sites for hydroxylation is 2. The van der Waals surface area contributed by atoms with E-state index in [0.717, 1.165) is 28.2 Å². The highest BCUT2D eigenvalue weighted by Crippen LogP contribution is 2.35. The minimum atomic E-state index is 0.961. The van der Waals surface area contributed by atoms with Crippen LogP contribution >= 0.6 is 0 Å². The second-order valence-electron chi connectivity index (χ2n) is 8.03. The summed E-state index contributed by atoms with van der Waals surface area (Å²) >= 11 is 0. The monoisotopic (exact) mass is 413 g/mol. The van der Waals surface area contributed by atoms with Crippen LogP contribution in [-0.2, 0) is 7.05 Å². The summed E-state index contributed by atoms with van der Waals surface area (Å²) in [4.78, 5) is 5.26. The van der Waals surface area contributed by atoms with Gasteiger partial charge in [0.15, 0.2) is 6.20 Å². The first-order valence-corrected chi connectivity index (χ1v) is 10.9. The Hall–Kier alpha value is -4.04. The third-order valence-electron chi connectivity index (χ3n) is 5.86. The summed E-state index contributed by atoms with van der Waals surface area (Å²) in [6, 6.07) is 38.0. The van der Waals surface area contributed by atoms with Crippen LogP contribution in [0.4, 0.5) is 0 Å². The molecular weight excluding hydrogens is 388 g/mol. The van der Waals surface area contributed by atoms with Gasteiger partial charge in [-0.25, -0.2) is 4.98 Å². The summed E-state index contributed by atoms with van der Waals surface area (Å²) in [6.07, 6.45) is 2.15. The Kier molecular flexibility index (Phi) is 5.35. The van der Waals surface area contributed by atoms with Gasteiger partial charge in [-0.3, -0.25) is 0 Å². The van der Waals surface area contributed by atoms with Gasteiger partial charge in [-0.1, -0.05) is 103 Å². The molecule has 0 spiro atoms. The zero-order valence-corrected chi connectivity index (χ0v) is 18.4. The van der Waals surface area contributed by atoms with E-state index in [0.29, 0.717) is 0 Å². The van der Waals surface area contributed by atoms with E-state index in [9.17, 15) is 0 Å². The molecule has 154 valence electrons. The van der Waals surface area contributed by atoms with Crippen molar-refractivity contribution in [2.75, 3.05) is 0 Å². The van der Waals surface area contributed by atoms with Crippen molar-refractivity contribution in [2.24, 2.45) is 7.05 Å². The van der Waals surface area contributed by atoms with Gasteiger partial charge in [-0.15, -0.1) is 0 Å². The average Bonchev–Trinajstić information content (AvgIpc) is 2.85. The SMILES string of the molecule is Cc1ccccc1-c1c(-c2ccccc2)nc(-c2ccccc2-c2ccccc2)c[n+]1C. The summed E-state index contributed by atoms with van der Waals surface area (Å²) in [5.74, 6) is 0. The van der Waals surface area contributed by atoms with E-state index in [-0.39, 0.29) is 0 Å². The van der Waals surface area contributed by atoms with Gasteiger partial charge in [0.1, 0.15) is 18.4 Å². The molecule has 0 fully saturated rings. The van der Waals surface area contributed by atoms with Crippen LogP contribution in [0, 0.1) is 6.92 Å². The highest BCUT2D eigenvalue weighted by Gasteiger charge is 2.23. The molecule has 4 aromatic carbocycles. The third kappa shape index (κ3) is 3.72. The molecule has 0 saturated heterocycles. The van der Waals surface area contributed by atoms with Crippen molar-refractivity contribution < 1.29 is 4.57 Å².